The summed E-state index contributed by atoms with van der Waals surface area (Å²) < 4.78 is 5.57. The molecule has 0 amide bonds. The van der Waals surface area contributed by atoms with Crippen LogP contribution >= 0.6 is 0 Å². The third-order valence-electron chi connectivity index (χ3n) is 2.74. The Kier molecular flexibility index (Phi) is 5.09. The van der Waals surface area contributed by atoms with Crippen LogP contribution in [0.25, 0.3) is 0 Å². The molecule has 1 aliphatic rings. The summed E-state index contributed by atoms with van der Waals surface area (Å²) in [5, 5.41) is 0. The molecule has 76 valence electrons. The summed E-state index contributed by atoms with van der Waals surface area (Å²) in [6.45, 7) is 4.77. The van der Waals surface area contributed by atoms with Gasteiger partial charge in [-0.2, -0.15) is 0 Å². The van der Waals surface area contributed by atoms with Crippen molar-refractivity contribution in [3.8, 4) is 0 Å². The van der Waals surface area contributed by atoms with E-state index >= 15 is 0 Å². The maximum Gasteiger partial charge on any atom is 0.0499 e. The smallest absolute Gasteiger partial charge is 0.0499 e. The highest BCUT2D eigenvalue weighted by Gasteiger charge is 2.17. The van der Waals surface area contributed by atoms with Crippen LogP contribution in [-0.4, -0.2) is 19.8 Å². The first kappa shape index (κ1) is 10.7. The molecule has 2 nitrogen and oxygen atoms in total. The van der Waals surface area contributed by atoms with E-state index in [1.54, 1.807) is 0 Å². The Labute approximate surface area is 81.1 Å². The number of nitrogens with two attached hydrogens (primary N) is 1. The Hall–Kier alpha value is -0.340. The van der Waals surface area contributed by atoms with E-state index < -0.39 is 0 Å². The minimum atomic E-state index is 0.725. The summed E-state index contributed by atoms with van der Waals surface area (Å²) in [6.07, 6.45) is 7.93. The molecular weight excluding hydrogens is 162 g/mol. The third-order valence-corrected chi connectivity index (χ3v) is 2.74. The Bertz CT molecular complexity index is 156. The van der Waals surface area contributed by atoms with Crippen molar-refractivity contribution >= 4 is 0 Å². The maximum atomic E-state index is 5.57. The van der Waals surface area contributed by atoms with Crippen LogP contribution in [-0.2, 0) is 4.74 Å². The fraction of sp³-hybridized carbons (Fsp3) is 0.818. The van der Waals surface area contributed by atoms with E-state index in [2.05, 4.69) is 19.1 Å². The molecule has 0 heterocycles. The van der Waals surface area contributed by atoms with Gasteiger partial charge in [0.1, 0.15) is 0 Å². The van der Waals surface area contributed by atoms with E-state index in [9.17, 15) is 0 Å². The fourth-order valence-electron chi connectivity index (χ4n) is 1.66. The van der Waals surface area contributed by atoms with E-state index in [1.807, 2.05) is 0 Å². The lowest BCUT2D eigenvalue weighted by Gasteiger charge is -2.24. The normalized spacial score (nSPS) is 27.8. The van der Waals surface area contributed by atoms with Crippen molar-refractivity contribution in [3.63, 3.8) is 0 Å². The van der Waals surface area contributed by atoms with Crippen molar-refractivity contribution in [1.82, 2.24) is 0 Å². The van der Waals surface area contributed by atoms with Gasteiger partial charge in [0, 0.05) is 13.2 Å². The largest absolute Gasteiger partial charge is 0.381 e. The van der Waals surface area contributed by atoms with Crippen molar-refractivity contribution in [3.05, 3.63) is 12.2 Å². The molecule has 0 aromatic carbocycles. The minimum Gasteiger partial charge on any atom is -0.381 e. The Morgan fingerprint density at radius 2 is 2.15 bits per heavy atom. The van der Waals surface area contributed by atoms with Gasteiger partial charge in [0.05, 0.1) is 0 Å². The first-order chi connectivity index (χ1) is 6.34. The molecule has 1 rings (SSSR count). The van der Waals surface area contributed by atoms with Gasteiger partial charge in [-0.1, -0.05) is 19.1 Å². The van der Waals surface area contributed by atoms with Crippen LogP contribution < -0.4 is 5.73 Å². The monoisotopic (exact) mass is 183 g/mol. The van der Waals surface area contributed by atoms with Gasteiger partial charge in [-0.3, -0.25) is 0 Å². The summed E-state index contributed by atoms with van der Waals surface area (Å²) in [5.74, 6) is 1.51. The molecule has 0 bridgehead atoms. The van der Waals surface area contributed by atoms with Crippen LogP contribution in [0.4, 0.5) is 0 Å². The Balaban J connectivity index is 2.09. The van der Waals surface area contributed by atoms with Crippen molar-refractivity contribution < 1.29 is 4.74 Å². The molecule has 0 fully saturated rings. The lowest BCUT2D eigenvalue weighted by molar-refractivity contribution is 0.0786. The average molecular weight is 183 g/mol. The summed E-state index contributed by atoms with van der Waals surface area (Å²) in [6, 6.07) is 0. The zero-order valence-corrected chi connectivity index (χ0v) is 8.54. The van der Waals surface area contributed by atoms with E-state index in [0.29, 0.717) is 0 Å². The molecule has 2 unspecified atom stereocenters. The first-order valence-corrected chi connectivity index (χ1v) is 5.27. The lowest BCUT2D eigenvalue weighted by Crippen LogP contribution is -2.20. The van der Waals surface area contributed by atoms with Crippen molar-refractivity contribution in [2.75, 3.05) is 19.8 Å². The molecule has 2 heteroatoms. The van der Waals surface area contributed by atoms with Crippen LogP contribution in [0.15, 0.2) is 12.2 Å². The molecule has 1 aliphatic carbocycles. The Morgan fingerprint density at radius 3 is 2.85 bits per heavy atom. The molecule has 0 aromatic heterocycles. The minimum absolute atomic E-state index is 0.725. The summed E-state index contributed by atoms with van der Waals surface area (Å²) in [5.41, 5.74) is 5.38. The number of rotatable bonds is 5. The van der Waals surface area contributed by atoms with E-state index in [-0.39, 0.29) is 0 Å². The summed E-state index contributed by atoms with van der Waals surface area (Å²) in [7, 11) is 0. The molecular formula is C11H21NO. The highest BCUT2D eigenvalue weighted by Crippen LogP contribution is 2.24. The molecule has 2 N–H and O–H groups in total. The highest BCUT2D eigenvalue weighted by atomic mass is 16.5. The molecule has 0 saturated carbocycles. The SMILES string of the molecule is CC1CC=CCC1COCCCN. The molecule has 0 saturated heterocycles. The van der Waals surface area contributed by atoms with E-state index in [0.717, 1.165) is 38.0 Å². The zero-order valence-electron chi connectivity index (χ0n) is 8.54. The van der Waals surface area contributed by atoms with Gasteiger partial charge < -0.3 is 10.5 Å². The topological polar surface area (TPSA) is 35.2 Å². The quantitative estimate of drug-likeness (QED) is 0.522. The number of hydrogen-bond acceptors (Lipinski definition) is 2. The van der Waals surface area contributed by atoms with Gasteiger partial charge in [0.2, 0.25) is 0 Å². The first-order valence-electron chi connectivity index (χ1n) is 5.27. The van der Waals surface area contributed by atoms with Gasteiger partial charge in [-0.15, -0.1) is 0 Å². The predicted molar refractivity (Wildman–Crippen MR) is 55.5 cm³/mol. The molecule has 2 atom stereocenters. The molecule has 0 aromatic rings. The standard InChI is InChI=1S/C11H21NO/c1-10-5-2-3-6-11(10)9-13-8-4-7-12/h2-3,10-11H,4-9,12H2,1H3. The predicted octanol–water partition coefficient (Wildman–Crippen LogP) is 1.95. The van der Waals surface area contributed by atoms with Gasteiger partial charge in [-0.05, 0) is 37.6 Å². The molecule has 0 spiro atoms. The van der Waals surface area contributed by atoms with Crippen LogP contribution in [0, 0.1) is 11.8 Å². The summed E-state index contributed by atoms with van der Waals surface area (Å²) >= 11 is 0. The second-order valence-electron chi connectivity index (χ2n) is 3.90. The zero-order chi connectivity index (χ0) is 9.52. The number of hydrogen-bond donors (Lipinski definition) is 1. The molecule has 0 radical (unpaired) electrons. The van der Waals surface area contributed by atoms with Crippen LogP contribution in [0.3, 0.4) is 0 Å². The van der Waals surface area contributed by atoms with Gasteiger partial charge in [0.15, 0.2) is 0 Å². The second-order valence-corrected chi connectivity index (χ2v) is 3.90. The van der Waals surface area contributed by atoms with Crippen molar-refractivity contribution in [2.45, 2.75) is 26.2 Å². The van der Waals surface area contributed by atoms with Crippen molar-refractivity contribution in [2.24, 2.45) is 17.6 Å². The fourth-order valence-corrected chi connectivity index (χ4v) is 1.66. The number of ether oxygens (including phenoxy) is 1. The van der Waals surface area contributed by atoms with Crippen LogP contribution in [0.5, 0.6) is 0 Å². The van der Waals surface area contributed by atoms with Gasteiger partial charge >= 0.3 is 0 Å². The average Bonchev–Trinajstić information content (AvgIpc) is 2.15. The third kappa shape index (κ3) is 3.92. The van der Waals surface area contributed by atoms with Crippen LogP contribution in [0.1, 0.15) is 26.2 Å². The molecule has 13 heavy (non-hydrogen) atoms. The molecule has 0 aliphatic heterocycles. The van der Waals surface area contributed by atoms with Gasteiger partial charge in [0.25, 0.3) is 0 Å². The summed E-state index contributed by atoms with van der Waals surface area (Å²) in [4.78, 5) is 0. The van der Waals surface area contributed by atoms with E-state index in [1.165, 1.54) is 12.8 Å². The maximum absolute atomic E-state index is 5.57. The number of allylic oxidation sites excluding steroid dienone is 2. The van der Waals surface area contributed by atoms with Gasteiger partial charge in [-0.25, -0.2) is 0 Å². The Morgan fingerprint density at radius 1 is 1.38 bits per heavy atom. The highest BCUT2D eigenvalue weighted by molar-refractivity contribution is 4.93. The van der Waals surface area contributed by atoms with E-state index in [4.69, 9.17) is 10.5 Å². The second kappa shape index (κ2) is 6.17. The van der Waals surface area contributed by atoms with Crippen molar-refractivity contribution in [1.29, 1.82) is 0 Å². The lowest BCUT2D eigenvalue weighted by atomic mass is 9.85. The van der Waals surface area contributed by atoms with Crippen LogP contribution in [0.2, 0.25) is 0 Å².